The molecule has 0 aliphatic rings. The van der Waals surface area contributed by atoms with Gasteiger partial charge >= 0.3 is 6.03 Å². The van der Waals surface area contributed by atoms with E-state index in [-0.39, 0.29) is 11.8 Å². The van der Waals surface area contributed by atoms with Crippen LogP contribution in [0.2, 0.25) is 0 Å². The second kappa shape index (κ2) is 9.78. The average Bonchev–Trinajstić information content (AvgIpc) is 2.75. The van der Waals surface area contributed by atoms with Gasteiger partial charge in [0, 0.05) is 25.4 Å². The molecule has 0 fully saturated rings. The van der Waals surface area contributed by atoms with Crippen molar-refractivity contribution >= 4 is 17.6 Å². The lowest BCUT2D eigenvalue weighted by molar-refractivity contribution is 0.0983. The summed E-state index contributed by atoms with van der Waals surface area (Å²) >= 11 is 0. The number of rotatable bonds is 7. The van der Waals surface area contributed by atoms with Crippen molar-refractivity contribution in [3.63, 3.8) is 0 Å². The summed E-state index contributed by atoms with van der Waals surface area (Å²) in [7, 11) is 0. The summed E-state index contributed by atoms with van der Waals surface area (Å²) in [6, 6.07) is 13.3. The molecular weight excluding hydrogens is 376 g/mol. The highest BCUT2D eigenvalue weighted by Gasteiger charge is 2.08. The Bertz CT molecular complexity index is 1050. The van der Waals surface area contributed by atoms with E-state index < -0.39 is 0 Å². The zero-order valence-corrected chi connectivity index (χ0v) is 17.5. The van der Waals surface area contributed by atoms with E-state index in [4.69, 9.17) is 0 Å². The fraction of sp³-hybridized carbons (Fsp3) is 0.250. The highest BCUT2D eigenvalue weighted by Crippen LogP contribution is 2.17. The molecule has 6 heteroatoms. The zero-order valence-electron chi connectivity index (χ0n) is 17.5. The van der Waals surface area contributed by atoms with E-state index in [1.54, 1.807) is 18.5 Å². The summed E-state index contributed by atoms with van der Waals surface area (Å²) in [4.78, 5) is 32.3. The van der Waals surface area contributed by atoms with E-state index in [1.807, 2.05) is 38.1 Å². The lowest BCUT2D eigenvalue weighted by Crippen LogP contribution is -2.28. The van der Waals surface area contributed by atoms with Crippen LogP contribution in [0.4, 0.5) is 10.6 Å². The molecule has 1 aromatic carbocycles. The van der Waals surface area contributed by atoms with E-state index in [9.17, 15) is 9.59 Å². The molecule has 154 valence electrons. The molecule has 0 spiro atoms. The third-order valence-electron chi connectivity index (χ3n) is 4.84. The lowest BCUT2D eigenvalue weighted by Gasteiger charge is -2.11. The molecule has 0 atom stereocenters. The van der Waals surface area contributed by atoms with Gasteiger partial charge in [0.15, 0.2) is 5.78 Å². The second-order valence-electron chi connectivity index (χ2n) is 7.29. The molecule has 2 aromatic heterocycles. The molecule has 0 saturated heterocycles. The largest absolute Gasteiger partial charge is 0.334 e. The highest BCUT2D eigenvalue weighted by molar-refractivity contribution is 5.94. The molecule has 2 heterocycles. The number of carbonyl (C=O) groups excluding carboxylic acids is 2. The van der Waals surface area contributed by atoms with Crippen LogP contribution in [0.3, 0.4) is 0 Å². The first-order chi connectivity index (χ1) is 14.4. The van der Waals surface area contributed by atoms with Gasteiger partial charge in [-0.05, 0) is 66.3 Å². The molecular formula is C24H26N4O2. The van der Waals surface area contributed by atoms with Gasteiger partial charge in [0.1, 0.15) is 11.5 Å². The molecule has 3 rings (SSSR count). The molecule has 0 aliphatic heterocycles. The Labute approximate surface area is 176 Å². The Kier molecular flexibility index (Phi) is 6.91. The van der Waals surface area contributed by atoms with E-state index >= 15 is 0 Å². The van der Waals surface area contributed by atoms with Crippen molar-refractivity contribution in [1.82, 2.24) is 15.3 Å². The Morgan fingerprint density at radius 3 is 2.50 bits per heavy atom. The molecule has 0 unspecified atom stereocenters. The SMILES string of the molecule is CCC(=O)c1cc(Cc2ccc(CNC(=O)Nc3ccc(C)cn3)cc2C)ccn1. The van der Waals surface area contributed by atoms with Crippen LogP contribution in [0.5, 0.6) is 0 Å². The van der Waals surface area contributed by atoms with Crippen molar-refractivity contribution in [3.05, 3.63) is 88.4 Å². The minimum atomic E-state index is -0.294. The van der Waals surface area contributed by atoms with Crippen LogP contribution in [-0.4, -0.2) is 21.8 Å². The fourth-order valence-corrected chi connectivity index (χ4v) is 3.09. The van der Waals surface area contributed by atoms with E-state index in [0.717, 1.165) is 28.7 Å². The number of aromatic nitrogens is 2. The zero-order chi connectivity index (χ0) is 21.5. The van der Waals surface area contributed by atoms with Crippen LogP contribution >= 0.6 is 0 Å². The van der Waals surface area contributed by atoms with Crippen LogP contribution in [0, 0.1) is 13.8 Å². The van der Waals surface area contributed by atoms with E-state index in [1.165, 1.54) is 5.56 Å². The number of Topliss-reactive ketones (excluding diaryl/α,β-unsaturated/α-hetero) is 1. The van der Waals surface area contributed by atoms with Crippen LogP contribution in [0.15, 0.2) is 54.9 Å². The maximum absolute atomic E-state index is 12.1. The third-order valence-corrected chi connectivity index (χ3v) is 4.84. The molecule has 30 heavy (non-hydrogen) atoms. The Morgan fingerprint density at radius 1 is 0.967 bits per heavy atom. The number of amides is 2. The minimum absolute atomic E-state index is 0.0501. The number of ketones is 1. The fourth-order valence-electron chi connectivity index (χ4n) is 3.09. The van der Waals surface area contributed by atoms with Gasteiger partial charge in [-0.2, -0.15) is 0 Å². The Hall–Kier alpha value is -3.54. The molecule has 0 bridgehead atoms. The van der Waals surface area contributed by atoms with Crippen molar-refractivity contribution in [2.45, 2.75) is 40.2 Å². The van der Waals surface area contributed by atoms with Gasteiger partial charge in [-0.15, -0.1) is 0 Å². The predicted molar refractivity (Wildman–Crippen MR) is 118 cm³/mol. The molecule has 3 aromatic rings. The molecule has 0 saturated carbocycles. The van der Waals surface area contributed by atoms with Crippen LogP contribution in [-0.2, 0) is 13.0 Å². The summed E-state index contributed by atoms with van der Waals surface area (Å²) < 4.78 is 0. The number of anilines is 1. The van der Waals surface area contributed by atoms with Gasteiger partial charge in [-0.3, -0.25) is 15.1 Å². The number of nitrogens with zero attached hydrogens (tertiary/aromatic N) is 2. The van der Waals surface area contributed by atoms with Crippen molar-refractivity contribution < 1.29 is 9.59 Å². The topological polar surface area (TPSA) is 84.0 Å². The van der Waals surface area contributed by atoms with Gasteiger partial charge in [-0.1, -0.05) is 31.2 Å². The molecule has 2 N–H and O–H groups in total. The van der Waals surface area contributed by atoms with Crippen molar-refractivity contribution in [2.75, 3.05) is 5.32 Å². The van der Waals surface area contributed by atoms with Crippen LogP contribution < -0.4 is 10.6 Å². The summed E-state index contributed by atoms with van der Waals surface area (Å²) in [5, 5.41) is 5.57. The van der Waals surface area contributed by atoms with Crippen molar-refractivity contribution in [1.29, 1.82) is 0 Å². The number of aryl methyl sites for hydroxylation is 2. The molecule has 6 nitrogen and oxygen atoms in total. The predicted octanol–water partition coefficient (Wildman–Crippen LogP) is 4.60. The van der Waals surface area contributed by atoms with Crippen LogP contribution in [0.25, 0.3) is 0 Å². The first-order valence-electron chi connectivity index (χ1n) is 9.98. The van der Waals surface area contributed by atoms with Gasteiger partial charge in [0.2, 0.25) is 0 Å². The third kappa shape index (κ3) is 5.73. The summed E-state index contributed by atoms with van der Waals surface area (Å²) in [6.45, 7) is 6.25. The molecule has 2 amide bonds. The number of hydrogen-bond acceptors (Lipinski definition) is 4. The number of pyridine rings is 2. The van der Waals surface area contributed by atoms with Gasteiger partial charge in [-0.25, -0.2) is 9.78 Å². The average molecular weight is 402 g/mol. The second-order valence-corrected chi connectivity index (χ2v) is 7.29. The quantitative estimate of drug-likeness (QED) is 0.566. The molecule has 0 aliphatic carbocycles. The maximum Gasteiger partial charge on any atom is 0.320 e. The number of nitrogens with one attached hydrogen (secondary N) is 2. The summed E-state index contributed by atoms with van der Waals surface area (Å²) in [6.07, 6.45) is 4.57. The minimum Gasteiger partial charge on any atom is -0.334 e. The summed E-state index contributed by atoms with van der Waals surface area (Å²) in [5.74, 6) is 0.567. The number of carbonyl (C=O) groups is 2. The first kappa shape index (κ1) is 21.2. The van der Waals surface area contributed by atoms with E-state index in [0.29, 0.717) is 24.5 Å². The maximum atomic E-state index is 12.1. The van der Waals surface area contributed by atoms with Gasteiger partial charge in [0.05, 0.1) is 0 Å². The molecule has 0 radical (unpaired) electrons. The Morgan fingerprint density at radius 2 is 1.80 bits per heavy atom. The standard InChI is InChI=1S/C24H26N4O2/c1-4-22(29)21-13-18(9-10-25-21)12-20-7-6-19(11-17(20)3)15-27-24(30)28-23-8-5-16(2)14-26-23/h5-11,13-14H,4,12,15H2,1-3H3,(H2,26,27,28,30). The number of urea groups is 1. The number of benzene rings is 1. The smallest absolute Gasteiger partial charge is 0.320 e. The summed E-state index contributed by atoms with van der Waals surface area (Å²) in [5.41, 5.74) is 5.93. The van der Waals surface area contributed by atoms with Crippen molar-refractivity contribution in [2.24, 2.45) is 0 Å². The highest BCUT2D eigenvalue weighted by atomic mass is 16.2. The van der Waals surface area contributed by atoms with Crippen LogP contribution in [0.1, 0.15) is 51.7 Å². The van der Waals surface area contributed by atoms with Crippen molar-refractivity contribution in [3.8, 4) is 0 Å². The lowest BCUT2D eigenvalue weighted by atomic mass is 9.98. The Balaban J connectivity index is 1.59. The van der Waals surface area contributed by atoms with Gasteiger partial charge in [0.25, 0.3) is 0 Å². The van der Waals surface area contributed by atoms with Gasteiger partial charge < -0.3 is 5.32 Å². The first-order valence-corrected chi connectivity index (χ1v) is 9.98. The normalized spacial score (nSPS) is 10.5. The van der Waals surface area contributed by atoms with E-state index in [2.05, 4.69) is 39.7 Å². The monoisotopic (exact) mass is 402 g/mol. The number of hydrogen-bond donors (Lipinski definition) is 2.